The number of fused-ring (bicyclic) bond motifs is 2. The maximum absolute atomic E-state index is 12.8. The monoisotopic (exact) mass is 403 g/mol. The molecule has 0 unspecified atom stereocenters. The molecule has 0 spiro atoms. The molecule has 0 heterocycles. The lowest BCUT2D eigenvalue weighted by Gasteiger charge is -2.23. The maximum Gasteiger partial charge on any atom is 0.317 e. The molecule has 0 fully saturated rings. The van der Waals surface area contributed by atoms with Crippen molar-refractivity contribution < 1.29 is 45.1 Å². The molecule has 0 saturated carbocycles. The Labute approximate surface area is 163 Å². The van der Waals surface area contributed by atoms with Crippen LogP contribution in [0.25, 0.3) is 0 Å². The van der Waals surface area contributed by atoms with Crippen LogP contribution in [0.2, 0.25) is 0 Å². The number of carboxylic acid groups (broad SMARTS) is 2. The average Bonchev–Trinajstić information content (AvgIpc) is 2.62. The molecule has 0 bridgehead atoms. The lowest BCUT2D eigenvalue weighted by atomic mass is 9.82. The van der Waals surface area contributed by atoms with E-state index in [-0.39, 0.29) is 39.8 Å². The number of carbonyl (C=O) groups is 4. The molecule has 0 atom stereocenters. The Morgan fingerprint density at radius 1 is 0.828 bits per heavy atom. The topological polar surface area (TPSA) is 184 Å². The van der Waals surface area contributed by atoms with Gasteiger partial charge in [-0.1, -0.05) is 24.3 Å². The molecule has 152 valence electrons. The van der Waals surface area contributed by atoms with Crippen molar-refractivity contribution in [1.29, 1.82) is 0 Å². The van der Waals surface area contributed by atoms with E-state index in [0.717, 1.165) is 4.90 Å². The molecule has 2 aromatic carbocycles. The van der Waals surface area contributed by atoms with Crippen molar-refractivity contribution >= 4 is 23.5 Å². The van der Waals surface area contributed by atoms with Gasteiger partial charge in [-0.25, -0.2) is 0 Å². The van der Waals surface area contributed by atoms with E-state index in [4.69, 9.17) is 10.2 Å². The second kappa shape index (κ2) is 8.09. The van der Waals surface area contributed by atoms with Crippen molar-refractivity contribution in [3.63, 3.8) is 0 Å². The number of aliphatic carboxylic acids is 2. The minimum Gasteiger partial charge on any atom is -0.504 e. The zero-order valence-electron chi connectivity index (χ0n) is 14.9. The number of ketones is 2. The summed E-state index contributed by atoms with van der Waals surface area (Å²) in [4.78, 5) is 48.3. The fourth-order valence-electron chi connectivity index (χ4n) is 3.19. The summed E-state index contributed by atoms with van der Waals surface area (Å²) in [5.41, 5.74) is -0.309. The second-order valence-corrected chi connectivity index (χ2v) is 6.29. The van der Waals surface area contributed by atoms with Crippen LogP contribution in [-0.2, 0) is 16.1 Å². The summed E-state index contributed by atoms with van der Waals surface area (Å²) >= 11 is 0. The number of nitrogens with zero attached hydrogens (tertiary/aromatic N) is 1. The van der Waals surface area contributed by atoms with Gasteiger partial charge in [-0.2, -0.15) is 0 Å². The molecule has 6 N–H and O–H groups in total. The van der Waals surface area contributed by atoms with Gasteiger partial charge in [0.15, 0.2) is 23.1 Å². The summed E-state index contributed by atoms with van der Waals surface area (Å²) in [5, 5.41) is 38.5. The first-order valence-electron chi connectivity index (χ1n) is 8.12. The van der Waals surface area contributed by atoms with Crippen LogP contribution < -0.4 is 0 Å². The smallest absolute Gasteiger partial charge is 0.317 e. The van der Waals surface area contributed by atoms with E-state index < -0.39 is 48.1 Å². The molecule has 2 aromatic rings. The Kier molecular flexibility index (Phi) is 6.01. The molecule has 1 aliphatic carbocycles. The molecule has 0 amide bonds. The van der Waals surface area contributed by atoms with Gasteiger partial charge in [0.05, 0.1) is 18.7 Å². The molecular formula is C19H17NO9. The molecule has 0 aliphatic heterocycles. The molecule has 0 aromatic heterocycles. The molecular weight excluding hydrogens is 386 g/mol. The number of hydrogen-bond donors (Lipinski definition) is 4. The van der Waals surface area contributed by atoms with E-state index in [1.165, 1.54) is 18.2 Å². The number of carboxylic acids is 2. The number of phenolic OH excluding ortho intramolecular Hbond substituents is 2. The first-order valence-corrected chi connectivity index (χ1v) is 8.12. The first kappa shape index (κ1) is 21.5. The van der Waals surface area contributed by atoms with Crippen molar-refractivity contribution in [2.45, 2.75) is 6.54 Å². The highest BCUT2D eigenvalue weighted by Crippen LogP contribution is 2.40. The van der Waals surface area contributed by atoms with Crippen LogP contribution in [-0.4, -0.2) is 67.4 Å². The highest BCUT2D eigenvalue weighted by Gasteiger charge is 2.34. The van der Waals surface area contributed by atoms with Crippen LogP contribution in [0.5, 0.6) is 11.5 Å². The predicted molar refractivity (Wildman–Crippen MR) is 97.2 cm³/mol. The molecule has 10 nitrogen and oxygen atoms in total. The average molecular weight is 403 g/mol. The summed E-state index contributed by atoms with van der Waals surface area (Å²) in [6, 6.07) is 7.22. The van der Waals surface area contributed by atoms with Crippen molar-refractivity contribution in [1.82, 2.24) is 4.90 Å². The molecule has 29 heavy (non-hydrogen) atoms. The largest absolute Gasteiger partial charge is 0.504 e. The van der Waals surface area contributed by atoms with Crippen LogP contribution in [0.1, 0.15) is 37.4 Å². The van der Waals surface area contributed by atoms with Gasteiger partial charge in [0.25, 0.3) is 0 Å². The zero-order chi connectivity index (χ0) is 20.6. The van der Waals surface area contributed by atoms with Gasteiger partial charge in [-0.3, -0.25) is 24.1 Å². The fraction of sp³-hybridized carbons (Fsp3) is 0.158. The minimum absolute atomic E-state index is 0. The van der Waals surface area contributed by atoms with E-state index in [9.17, 15) is 29.4 Å². The van der Waals surface area contributed by atoms with E-state index in [0.29, 0.717) is 0 Å². The number of benzene rings is 2. The first-order chi connectivity index (χ1) is 13.2. The Balaban J connectivity index is 0.00000300. The minimum atomic E-state index is -1.29. The van der Waals surface area contributed by atoms with Crippen LogP contribution in [0.3, 0.4) is 0 Å². The zero-order valence-corrected chi connectivity index (χ0v) is 14.9. The maximum atomic E-state index is 12.8. The van der Waals surface area contributed by atoms with Gasteiger partial charge < -0.3 is 25.9 Å². The van der Waals surface area contributed by atoms with Gasteiger partial charge in [0.2, 0.25) is 0 Å². The summed E-state index contributed by atoms with van der Waals surface area (Å²) in [6.07, 6.45) is 0. The Bertz CT molecular complexity index is 1010. The summed E-state index contributed by atoms with van der Waals surface area (Å²) in [5.74, 6) is -5.25. The SMILES string of the molecule is O.O=C(O)CN(CC(=O)O)Cc1cc2c(c(O)c1O)C(=O)c1ccccc1C2=O. The van der Waals surface area contributed by atoms with Gasteiger partial charge in [0, 0.05) is 28.8 Å². The van der Waals surface area contributed by atoms with Crippen molar-refractivity contribution in [2.24, 2.45) is 0 Å². The summed E-state index contributed by atoms with van der Waals surface area (Å²) < 4.78 is 0. The lowest BCUT2D eigenvalue weighted by molar-refractivity contribution is -0.142. The highest BCUT2D eigenvalue weighted by atomic mass is 16.4. The summed E-state index contributed by atoms with van der Waals surface area (Å²) in [7, 11) is 0. The number of hydrogen-bond acceptors (Lipinski definition) is 7. The Morgan fingerprint density at radius 3 is 1.86 bits per heavy atom. The Hall–Kier alpha value is -3.76. The predicted octanol–water partition coefficient (Wildman–Crippen LogP) is 0.0197. The molecule has 0 saturated heterocycles. The van der Waals surface area contributed by atoms with Crippen LogP contribution in [0.4, 0.5) is 0 Å². The quantitative estimate of drug-likeness (QED) is 0.412. The van der Waals surface area contributed by atoms with Crippen molar-refractivity contribution in [3.05, 3.63) is 58.1 Å². The normalized spacial score (nSPS) is 12.2. The molecule has 3 rings (SSSR count). The van der Waals surface area contributed by atoms with Crippen LogP contribution >= 0.6 is 0 Å². The van der Waals surface area contributed by atoms with Gasteiger partial charge in [0.1, 0.15) is 0 Å². The second-order valence-electron chi connectivity index (χ2n) is 6.29. The van der Waals surface area contributed by atoms with Crippen molar-refractivity contribution in [3.8, 4) is 11.5 Å². The fourth-order valence-corrected chi connectivity index (χ4v) is 3.19. The highest BCUT2D eigenvalue weighted by molar-refractivity contribution is 6.29. The van der Waals surface area contributed by atoms with E-state index >= 15 is 0 Å². The molecule has 10 heteroatoms. The van der Waals surface area contributed by atoms with E-state index in [1.54, 1.807) is 12.1 Å². The third-order valence-corrected chi connectivity index (χ3v) is 4.35. The Morgan fingerprint density at radius 2 is 1.34 bits per heavy atom. The molecule has 1 aliphatic rings. The lowest BCUT2D eigenvalue weighted by Crippen LogP contribution is -2.34. The van der Waals surface area contributed by atoms with E-state index in [2.05, 4.69) is 0 Å². The summed E-state index contributed by atoms with van der Waals surface area (Å²) in [6.45, 7) is -1.65. The number of rotatable bonds is 6. The van der Waals surface area contributed by atoms with E-state index in [1.807, 2.05) is 0 Å². The molecule has 0 radical (unpaired) electrons. The van der Waals surface area contributed by atoms with Crippen molar-refractivity contribution in [2.75, 3.05) is 13.1 Å². The number of phenols is 2. The van der Waals surface area contributed by atoms with Gasteiger partial charge in [-0.05, 0) is 6.07 Å². The third kappa shape index (κ3) is 3.93. The standard InChI is InChI=1S/C19H15NO8.H2O/c21-13(22)7-20(8-14(23)24)6-9-5-12-15(19(28)16(9)25)18(27)11-4-2-1-3-10(11)17(12)26;/h1-5,25,28H,6-8H2,(H,21,22)(H,23,24);1H2. The van der Waals surface area contributed by atoms with Gasteiger partial charge in [-0.15, -0.1) is 0 Å². The third-order valence-electron chi connectivity index (χ3n) is 4.35. The number of aromatic hydroxyl groups is 2. The number of carbonyl (C=O) groups excluding carboxylic acids is 2. The van der Waals surface area contributed by atoms with Crippen LogP contribution in [0, 0.1) is 0 Å². The van der Waals surface area contributed by atoms with Gasteiger partial charge >= 0.3 is 11.9 Å². The van der Waals surface area contributed by atoms with Crippen LogP contribution in [0.15, 0.2) is 30.3 Å².